The molecule has 0 aromatic heterocycles. The van der Waals surface area contributed by atoms with Gasteiger partial charge in [-0.1, -0.05) is 12.6 Å². The van der Waals surface area contributed by atoms with Crippen molar-refractivity contribution in [2.75, 3.05) is 13.7 Å². The Morgan fingerprint density at radius 1 is 1.38 bits per heavy atom. The zero-order valence-corrected chi connectivity index (χ0v) is 10.2. The summed E-state index contributed by atoms with van der Waals surface area (Å²) in [5.41, 5.74) is 2.34. The molecule has 1 saturated carbocycles. The van der Waals surface area contributed by atoms with E-state index in [1.807, 2.05) is 14.0 Å². The molecule has 0 radical (unpaired) electrons. The van der Waals surface area contributed by atoms with Crippen molar-refractivity contribution in [2.24, 2.45) is 5.92 Å². The topological polar surface area (TPSA) is 63.5 Å². The van der Waals surface area contributed by atoms with Crippen molar-refractivity contribution >= 4 is 0 Å². The predicted octanol–water partition coefficient (Wildman–Crippen LogP) is 0.884. The summed E-state index contributed by atoms with van der Waals surface area (Å²) in [4.78, 5) is 9.94. The maximum absolute atomic E-state index is 9.08. The lowest BCUT2D eigenvalue weighted by atomic mass is 9.88. The van der Waals surface area contributed by atoms with Gasteiger partial charge in [0.05, 0.1) is 6.61 Å². The Balaban J connectivity index is 1.98. The molecule has 16 heavy (non-hydrogen) atoms. The van der Waals surface area contributed by atoms with E-state index in [-0.39, 0.29) is 0 Å². The Hall–Kier alpha value is -0.200. The van der Waals surface area contributed by atoms with E-state index < -0.39 is 6.29 Å². The highest BCUT2D eigenvalue weighted by atomic mass is 16.9. The van der Waals surface area contributed by atoms with E-state index in [4.69, 9.17) is 14.8 Å². The van der Waals surface area contributed by atoms with E-state index in [1.54, 1.807) is 0 Å². The molecule has 5 heteroatoms. The van der Waals surface area contributed by atoms with Crippen LogP contribution in [0.15, 0.2) is 0 Å². The molecule has 1 unspecified atom stereocenters. The molecule has 0 aliphatic heterocycles. The summed E-state index contributed by atoms with van der Waals surface area (Å²) >= 11 is 0. The highest BCUT2D eigenvalue weighted by Gasteiger charge is 2.23. The standard InChI is InChI=1S/C11H23NO4/c1-3-11(13)16-12-15-8-9-4-6-10(14-2)7-5-9/h9-13H,3-8H2,1-2H3/p+1. The monoisotopic (exact) mass is 234 g/mol. The largest absolute Gasteiger partial charge is 0.434 e. The third-order valence-electron chi connectivity index (χ3n) is 3.09. The summed E-state index contributed by atoms with van der Waals surface area (Å²) in [7, 11) is 1.89. The first-order valence-corrected chi connectivity index (χ1v) is 6.05. The van der Waals surface area contributed by atoms with Crippen LogP contribution in [-0.4, -0.2) is 36.0 Å². The maximum Gasteiger partial charge on any atom is 0.176 e. The molecule has 96 valence electrons. The van der Waals surface area contributed by atoms with Crippen LogP contribution in [0.3, 0.4) is 0 Å². The Kier molecular flexibility index (Phi) is 6.91. The van der Waals surface area contributed by atoms with Crippen LogP contribution in [0.4, 0.5) is 0 Å². The van der Waals surface area contributed by atoms with Gasteiger partial charge in [-0.15, -0.1) is 0 Å². The predicted molar refractivity (Wildman–Crippen MR) is 60.4 cm³/mol. The van der Waals surface area contributed by atoms with Gasteiger partial charge in [0.25, 0.3) is 0 Å². The Bertz CT molecular complexity index is 171. The van der Waals surface area contributed by atoms with E-state index >= 15 is 0 Å². The third-order valence-corrected chi connectivity index (χ3v) is 3.09. The third kappa shape index (κ3) is 5.23. The van der Waals surface area contributed by atoms with Crippen LogP contribution in [0.25, 0.3) is 0 Å². The van der Waals surface area contributed by atoms with Gasteiger partial charge in [-0.25, -0.2) is 4.84 Å². The van der Waals surface area contributed by atoms with Crippen molar-refractivity contribution in [3.05, 3.63) is 0 Å². The second-order valence-electron chi connectivity index (χ2n) is 4.31. The van der Waals surface area contributed by atoms with Crippen LogP contribution in [0, 0.1) is 5.92 Å². The lowest BCUT2D eigenvalue weighted by Gasteiger charge is -2.24. The molecule has 0 heterocycles. The Labute approximate surface area is 97.0 Å². The van der Waals surface area contributed by atoms with E-state index in [0.717, 1.165) is 25.7 Å². The highest BCUT2D eigenvalue weighted by Crippen LogP contribution is 2.24. The number of hydrogen-bond acceptors (Lipinski definition) is 4. The molecule has 0 aromatic carbocycles. The van der Waals surface area contributed by atoms with E-state index in [1.165, 1.54) is 0 Å². The van der Waals surface area contributed by atoms with Crippen molar-refractivity contribution in [1.82, 2.24) is 5.64 Å². The minimum absolute atomic E-state index is 0.541. The molecule has 0 spiro atoms. The summed E-state index contributed by atoms with van der Waals surface area (Å²) in [5, 5.41) is 9.08. The molecule has 1 aliphatic carbocycles. The summed E-state index contributed by atoms with van der Waals surface area (Å²) in [6, 6.07) is 0. The molecule has 0 aromatic rings. The average Bonchev–Trinajstić information content (AvgIpc) is 2.35. The molecule has 1 rings (SSSR count). The minimum Gasteiger partial charge on any atom is -0.434 e. The molecule has 1 aliphatic rings. The SMILES string of the molecule is CCC(O)ONOCC1CCC([OH+]C)CC1. The highest BCUT2D eigenvalue weighted by molar-refractivity contribution is 4.71. The molecule has 0 saturated heterocycles. The first-order valence-electron chi connectivity index (χ1n) is 6.05. The lowest BCUT2D eigenvalue weighted by Crippen LogP contribution is -2.29. The molecule has 0 amide bonds. The molecule has 0 bridgehead atoms. The van der Waals surface area contributed by atoms with Gasteiger partial charge in [-0.05, 0) is 25.2 Å². The van der Waals surface area contributed by atoms with Gasteiger partial charge in [-0.2, -0.15) is 0 Å². The maximum atomic E-state index is 9.08. The van der Waals surface area contributed by atoms with E-state index in [9.17, 15) is 0 Å². The van der Waals surface area contributed by atoms with Crippen LogP contribution in [0.5, 0.6) is 0 Å². The van der Waals surface area contributed by atoms with Gasteiger partial charge in [0.2, 0.25) is 0 Å². The fourth-order valence-electron chi connectivity index (χ4n) is 1.89. The van der Waals surface area contributed by atoms with Gasteiger partial charge in [0.1, 0.15) is 7.11 Å². The van der Waals surface area contributed by atoms with Crippen LogP contribution >= 0.6 is 0 Å². The zero-order valence-electron chi connectivity index (χ0n) is 10.2. The summed E-state index contributed by atoms with van der Waals surface area (Å²) in [6.45, 7) is 2.47. The van der Waals surface area contributed by atoms with Crippen molar-refractivity contribution in [1.29, 1.82) is 0 Å². The van der Waals surface area contributed by atoms with Crippen molar-refractivity contribution < 1.29 is 19.5 Å². The smallest absolute Gasteiger partial charge is 0.176 e. The van der Waals surface area contributed by atoms with Gasteiger partial charge in [0, 0.05) is 12.8 Å². The normalized spacial score (nSPS) is 27.9. The summed E-state index contributed by atoms with van der Waals surface area (Å²) in [6.07, 6.45) is 4.91. The number of nitrogens with one attached hydrogen (secondary N) is 1. The molecular formula is C11H24NO4+. The first-order chi connectivity index (χ1) is 7.76. The van der Waals surface area contributed by atoms with Gasteiger partial charge in [0.15, 0.2) is 12.4 Å². The fourth-order valence-corrected chi connectivity index (χ4v) is 1.89. The average molecular weight is 234 g/mol. The van der Waals surface area contributed by atoms with Crippen molar-refractivity contribution in [2.45, 2.75) is 51.4 Å². The summed E-state index contributed by atoms with van der Waals surface area (Å²) < 4.78 is 4.30. The van der Waals surface area contributed by atoms with Gasteiger partial charge >= 0.3 is 0 Å². The number of rotatable bonds is 7. The van der Waals surface area contributed by atoms with Gasteiger partial charge in [-0.3, -0.25) is 4.84 Å². The number of ether oxygens (including phenoxy) is 1. The first kappa shape index (κ1) is 13.9. The molecule has 3 N–H and O–H groups in total. The fraction of sp³-hybridized carbons (Fsp3) is 1.00. The van der Waals surface area contributed by atoms with Crippen molar-refractivity contribution in [3.8, 4) is 0 Å². The minimum atomic E-state index is -0.797. The molecule has 1 atom stereocenters. The number of aliphatic hydroxyl groups is 3. The van der Waals surface area contributed by atoms with E-state index in [0.29, 0.717) is 25.0 Å². The van der Waals surface area contributed by atoms with Crippen LogP contribution < -0.4 is 5.64 Å². The quantitative estimate of drug-likeness (QED) is 0.297. The Morgan fingerprint density at radius 2 is 2.06 bits per heavy atom. The zero-order chi connectivity index (χ0) is 11.8. The second kappa shape index (κ2) is 7.97. The Morgan fingerprint density at radius 3 is 2.62 bits per heavy atom. The van der Waals surface area contributed by atoms with Gasteiger partial charge < -0.3 is 9.84 Å². The van der Waals surface area contributed by atoms with E-state index in [2.05, 4.69) is 10.4 Å². The second-order valence-corrected chi connectivity index (χ2v) is 4.31. The molecular weight excluding hydrogens is 210 g/mol. The van der Waals surface area contributed by atoms with Crippen LogP contribution in [0.2, 0.25) is 0 Å². The summed E-state index contributed by atoms with van der Waals surface area (Å²) in [5.74, 6) is 0.577. The number of aliphatic hydroxyl groups excluding tert-OH is 1. The lowest BCUT2D eigenvalue weighted by molar-refractivity contribution is -0.257. The van der Waals surface area contributed by atoms with Crippen molar-refractivity contribution in [3.63, 3.8) is 0 Å². The van der Waals surface area contributed by atoms with Crippen LogP contribution in [-0.2, 0) is 9.68 Å². The molecule has 5 nitrogen and oxygen atoms in total. The van der Waals surface area contributed by atoms with Crippen LogP contribution in [0.1, 0.15) is 39.0 Å². The molecule has 1 fully saturated rings. The number of hydrogen-bond donors (Lipinski definition) is 2.